The SMILES string of the molecule is Cc1cc(CNc2ccc(NS(C)(=O)=O)c(C)c2)c(C)s1. The molecule has 0 bridgehead atoms. The molecule has 2 aromatic rings. The molecule has 0 atom stereocenters. The van der Waals surface area contributed by atoms with E-state index in [1.54, 1.807) is 17.4 Å². The fraction of sp³-hybridized carbons (Fsp3) is 0.333. The van der Waals surface area contributed by atoms with Crippen molar-refractivity contribution in [1.82, 2.24) is 0 Å². The normalized spacial score (nSPS) is 11.4. The highest BCUT2D eigenvalue weighted by atomic mass is 32.2. The number of anilines is 2. The number of hydrogen-bond acceptors (Lipinski definition) is 4. The van der Waals surface area contributed by atoms with Crippen molar-refractivity contribution in [1.29, 1.82) is 0 Å². The van der Waals surface area contributed by atoms with Gasteiger partial charge >= 0.3 is 0 Å². The highest BCUT2D eigenvalue weighted by Gasteiger charge is 2.06. The van der Waals surface area contributed by atoms with Crippen LogP contribution in [0.25, 0.3) is 0 Å². The topological polar surface area (TPSA) is 58.2 Å². The molecule has 0 amide bonds. The lowest BCUT2D eigenvalue weighted by Gasteiger charge is -2.11. The van der Waals surface area contributed by atoms with Gasteiger partial charge in [0.05, 0.1) is 11.9 Å². The van der Waals surface area contributed by atoms with Crippen LogP contribution < -0.4 is 10.0 Å². The zero-order valence-corrected chi connectivity index (χ0v) is 14.3. The molecule has 1 aromatic heterocycles. The molecule has 0 radical (unpaired) electrons. The van der Waals surface area contributed by atoms with Crippen molar-refractivity contribution >= 4 is 32.7 Å². The Labute approximate surface area is 130 Å². The van der Waals surface area contributed by atoms with Crippen molar-refractivity contribution in [3.05, 3.63) is 45.1 Å². The van der Waals surface area contributed by atoms with Gasteiger partial charge in [-0.25, -0.2) is 8.42 Å². The summed E-state index contributed by atoms with van der Waals surface area (Å²) >= 11 is 1.80. The smallest absolute Gasteiger partial charge is 0.229 e. The van der Waals surface area contributed by atoms with Gasteiger partial charge in [-0.1, -0.05) is 0 Å². The van der Waals surface area contributed by atoms with Crippen molar-refractivity contribution in [3.8, 4) is 0 Å². The van der Waals surface area contributed by atoms with Crippen molar-refractivity contribution in [2.24, 2.45) is 0 Å². The molecular formula is C15H20N2O2S2. The molecule has 0 aliphatic rings. The lowest BCUT2D eigenvalue weighted by atomic mass is 10.1. The number of aryl methyl sites for hydroxylation is 3. The van der Waals surface area contributed by atoms with Crippen LogP contribution in [-0.2, 0) is 16.6 Å². The van der Waals surface area contributed by atoms with Crippen LogP contribution >= 0.6 is 11.3 Å². The fourth-order valence-electron chi connectivity index (χ4n) is 2.14. The number of thiophene rings is 1. The van der Waals surface area contributed by atoms with Crippen molar-refractivity contribution in [2.45, 2.75) is 27.3 Å². The average molecular weight is 324 g/mol. The number of hydrogen-bond donors (Lipinski definition) is 2. The van der Waals surface area contributed by atoms with Crippen LogP contribution in [-0.4, -0.2) is 14.7 Å². The van der Waals surface area contributed by atoms with Gasteiger partial charge in [0.25, 0.3) is 0 Å². The minimum atomic E-state index is -3.24. The molecule has 1 heterocycles. The third-order valence-electron chi connectivity index (χ3n) is 3.15. The van der Waals surface area contributed by atoms with E-state index >= 15 is 0 Å². The standard InChI is InChI=1S/C15H20N2O2S2/c1-10-7-14(5-6-15(10)17-21(4,18)19)16-9-13-8-11(2)20-12(13)3/h5-8,16-17H,9H2,1-4H3. The van der Waals surface area contributed by atoms with Crippen molar-refractivity contribution in [3.63, 3.8) is 0 Å². The number of sulfonamides is 1. The molecule has 0 saturated carbocycles. The summed E-state index contributed by atoms with van der Waals surface area (Å²) < 4.78 is 25.0. The number of benzene rings is 1. The zero-order valence-electron chi connectivity index (χ0n) is 12.6. The van der Waals surface area contributed by atoms with E-state index in [9.17, 15) is 8.42 Å². The summed E-state index contributed by atoms with van der Waals surface area (Å²) in [6.07, 6.45) is 1.15. The lowest BCUT2D eigenvalue weighted by Crippen LogP contribution is -2.10. The molecule has 4 nitrogen and oxygen atoms in total. The minimum Gasteiger partial charge on any atom is -0.381 e. The minimum absolute atomic E-state index is 0.616. The fourth-order valence-corrected chi connectivity index (χ4v) is 3.72. The van der Waals surface area contributed by atoms with Crippen molar-refractivity contribution < 1.29 is 8.42 Å². The van der Waals surface area contributed by atoms with Gasteiger partial charge in [0, 0.05) is 22.0 Å². The van der Waals surface area contributed by atoms with Gasteiger partial charge in [-0.3, -0.25) is 4.72 Å². The lowest BCUT2D eigenvalue weighted by molar-refractivity contribution is 0.607. The van der Waals surface area contributed by atoms with Gasteiger partial charge in [-0.05, 0) is 56.2 Å². The first-order chi connectivity index (χ1) is 9.74. The number of rotatable bonds is 5. The van der Waals surface area contributed by atoms with Crippen LogP contribution in [0.2, 0.25) is 0 Å². The molecule has 0 saturated heterocycles. The van der Waals surface area contributed by atoms with Crippen molar-refractivity contribution in [2.75, 3.05) is 16.3 Å². The van der Waals surface area contributed by atoms with E-state index in [4.69, 9.17) is 0 Å². The molecule has 2 rings (SSSR count). The second-order valence-corrected chi connectivity index (χ2v) is 8.40. The van der Waals surface area contributed by atoms with Gasteiger partial charge in [0.15, 0.2) is 0 Å². The Balaban J connectivity index is 2.08. The Morgan fingerprint density at radius 2 is 1.86 bits per heavy atom. The summed E-state index contributed by atoms with van der Waals surface area (Å²) in [4.78, 5) is 2.64. The molecule has 0 aliphatic carbocycles. The van der Waals surface area contributed by atoms with Crippen LogP contribution in [0.15, 0.2) is 24.3 Å². The van der Waals surface area contributed by atoms with E-state index in [1.807, 2.05) is 19.1 Å². The summed E-state index contributed by atoms with van der Waals surface area (Å²) in [7, 11) is -3.24. The predicted octanol–water partition coefficient (Wildman–Crippen LogP) is 3.66. The molecule has 0 unspecified atom stereocenters. The maximum Gasteiger partial charge on any atom is 0.229 e. The Morgan fingerprint density at radius 1 is 1.14 bits per heavy atom. The van der Waals surface area contributed by atoms with E-state index in [0.29, 0.717) is 5.69 Å². The molecule has 114 valence electrons. The van der Waals surface area contributed by atoms with Crippen LogP contribution in [0, 0.1) is 20.8 Å². The molecular weight excluding hydrogens is 304 g/mol. The van der Waals surface area contributed by atoms with Gasteiger partial charge in [-0.2, -0.15) is 0 Å². The van der Waals surface area contributed by atoms with E-state index in [-0.39, 0.29) is 0 Å². The summed E-state index contributed by atoms with van der Waals surface area (Å²) in [6.45, 7) is 6.89. The maximum absolute atomic E-state index is 11.3. The predicted molar refractivity (Wildman–Crippen MR) is 90.8 cm³/mol. The second kappa shape index (κ2) is 6.07. The summed E-state index contributed by atoms with van der Waals surface area (Å²) in [6, 6.07) is 7.81. The molecule has 0 aliphatic heterocycles. The Bertz CT molecular complexity index is 749. The molecule has 6 heteroatoms. The largest absolute Gasteiger partial charge is 0.381 e. The van der Waals surface area contributed by atoms with Gasteiger partial charge in [-0.15, -0.1) is 11.3 Å². The molecule has 21 heavy (non-hydrogen) atoms. The number of nitrogens with one attached hydrogen (secondary N) is 2. The van der Waals surface area contributed by atoms with E-state index in [1.165, 1.54) is 15.3 Å². The van der Waals surface area contributed by atoms with E-state index in [2.05, 4.69) is 30.0 Å². The first-order valence-corrected chi connectivity index (χ1v) is 9.33. The third kappa shape index (κ3) is 4.47. The van der Waals surface area contributed by atoms with Gasteiger partial charge in [0.1, 0.15) is 0 Å². The quantitative estimate of drug-likeness (QED) is 0.882. The summed E-state index contributed by atoms with van der Waals surface area (Å²) in [5.41, 5.74) is 3.79. The molecule has 2 N–H and O–H groups in total. The first kappa shape index (κ1) is 15.9. The first-order valence-electron chi connectivity index (χ1n) is 6.63. The summed E-state index contributed by atoms with van der Waals surface area (Å²) in [5, 5.41) is 3.38. The van der Waals surface area contributed by atoms with Crippen LogP contribution in [0.3, 0.4) is 0 Å². The third-order valence-corrected chi connectivity index (χ3v) is 4.75. The highest BCUT2D eigenvalue weighted by Crippen LogP contribution is 2.24. The maximum atomic E-state index is 11.3. The van der Waals surface area contributed by atoms with E-state index < -0.39 is 10.0 Å². The van der Waals surface area contributed by atoms with Gasteiger partial charge in [0.2, 0.25) is 10.0 Å². The van der Waals surface area contributed by atoms with Crippen LogP contribution in [0.5, 0.6) is 0 Å². The second-order valence-electron chi connectivity index (χ2n) is 5.20. The monoisotopic (exact) mass is 324 g/mol. The van der Waals surface area contributed by atoms with Gasteiger partial charge < -0.3 is 5.32 Å². The highest BCUT2D eigenvalue weighted by molar-refractivity contribution is 7.92. The molecule has 1 aromatic carbocycles. The Hall–Kier alpha value is -1.53. The molecule has 0 spiro atoms. The Morgan fingerprint density at radius 3 is 2.38 bits per heavy atom. The van der Waals surface area contributed by atoms with Crippen LogP contribution in [0.1, 0.15) is 20.9 Å². The Kier molecular flexibility index (Phi) is 4.58. The average Bonchev–Trinajstić information content (AvgIpc) is 2.67. The van der Waals surface area contributed by atoms with E-state index in [0.717, 1.165) is 24.1 Å². The van der Waals surface area contributed by atoms with Crippen LogP contribution in [0.4, 0.5) is 11.4 Å². The zero-order chi connectivity index (χ0) is 15.6. The molecule has 0 fully saturated rings. The summed E-state index contributed by atoms with van der Waals surface area (Å²) in [5.74, 6) is 0.